The Labute approximate surface area is 170 Å². The highest BCUT2D eigenvalue weighted by Crippen LogP contribution is 2.17. The van der Waals surface area contributed by atoms with E-state index >= 15 is 0 Å². The van der Waals surface area contributed by atoms with Crippen LogP contribution in [0.5, 0.6) is 0 Å². The van der Waals surface area contributed by atoms with Crippen LogP contribution in [0.25, 0.3) is 11.4 Å². The third-order valence-corrected chi connectivity index (χ3v) is 4.99. The van der Waals surface area contributed by atoms with Crippen molar-refractivity contribution in [3.63, 3.8) is 0 Å². The molecule has 0 saturated carbocycles. The van der Waals surface area contributed by atoms with Gasteiger partial charge in [0.1, 0.15) is 24.0 Å². The molecule has 0 fully saturated rings. The zero-order valence-electron chi connectivity index (χ0n) is 15.1. The predicted octanol–water partition coefficient (Wildman–Crippen LogP) is 3.17. The fraction of sp³-hybridized carbons (Fsp3) is 0.143. The average molecular weight is 437 g/mol. The number of hydrogen-bond acceptors (Lipinski definition) is 4. The third kappa shape index (κ3) is 4.35. The van der Waals surface area contributed by atoms with Crippen molar-refractivity contribution in [3.8, 4) is 17.5 Å². The maximum absolute atomic E-state index is 12.6. The van der Waals surface area contributed by atoms with Gasteiger partial charge in [-0.15, -0.1) is 0 Å². The number of nitriles is 1. The summed E-state index contributed by atoms with van der Waals surface area (Å²) in [6.07, 6.45) is 1.24. The maximum Gasteiger partial charge on any atom is 0.272 e. The summed E-state index contributed by atoms with van der Waals surface area (Å²) in [4.78, 5) is 29.4. The first-order valence-electron chi connectivity index (χ1n) is 8.56. The summed E-state index contributed by atoms with van der Waals surface area (Å²) in [5.41, 5.74) is 2.05. The Morgan fingerprint density at radius 1 is 1.21 bits per heavy atom. The topological polar surface area (TPSA) is 87.8 Å². The molecule has 7 heteroatoms. The quantitative estimate of drug-likeness (QED) is 0.664. The summed E-state index contributed by atoms with van der Waals surface area (Å²) in [6.45, 7) is 2.05. The van der Waals surface area contributed by atoms with Gasteiger partial charge in [-0.3, -0.25) is 14.2 Å². The number of nitrogens with one attached hydrogen (secondary N) is 1. The van der Waals surface area contributed by atoms with Crippen LogP contribution in [0.4, 0.5) is 0 Å². The van der Waals surface area contributed by atoms with Crippen LogP contribution in [0.2, 0.25) is 0 Å². The minimum Gasteiger partial charge on any atom is -0.350 e. The Bertz CT molecular complexity index is 1110. The van der Waals surface area contributed by atoms with Gasteiger partial charge in [0.15, 0.2) is 0 Å². The molecule has 1 N–H and O–H groups in total. The Morgan fingerprint density at radius 2 is 1.93 bits per heavy atom. The SMILES string of the molecule is Cc1ccc(-c2ncc(C#N)c(=O)n2CC(=O)NCc2ccccc2Br)cc1. The van der Waals surface area contributed by atoms with Gasteiger partial charge in [-0.1, -0.05) is 64.0 Å². The van der Waals surface area contributed by atoms with Gasteiger partial charge in [0.2, 0.25) is 5.91 Å². The van der Waals surface area contributed by atoms with Crippen LogP contribution in [0.15, 0.2) is 64.0 Å². The number of benzene rings is 2. The largest absolute Gasteiger partial charge is 0.350 e. The van der Waals surface area contributed by atoms with Crippen LogP contribution in [0.3, 0.4) is 0 Å². The zero-order valence-corrected chi connectivity index (χ0v) is 16.7. The Morgan fingerprint density at radius 3 is 2.61 bits per heavy atom. The van der Waals surface area contributed by atoms with Crippen molar-refractivity contribution < 1.29 is 4.79 Å². The second kappa shape index (κ2) is 8.63. The van der Waals surface area contributed by atoms with Crippen LogP contribution in [0.1, 0.15) is 16.7 Å². The number of carbonyl (C=O) groups excluding carboxylic acids is 1. The number of nitrogens with zero attached hydrogens (tertiary/aromatic N) is 3. The normalized spacial score (nSPS) is 10.3. The van der Waals surface area contributed by atoms with Crippen molar-refractivity contribution in [1.82, 2.24) is 14.9 Å². The van der Waals surface area contributed by atoms with Gasteiger partial charge in [0.05, 0.1) is 6.20 Å². The number of carbonyl (C=O) groups is 1. The summed E-state index contributed by atoms with van der Waals surface area (Å²) in [6, 6.07) is 16.8. The van der Waals surface area contributed by atoms with Gasteiger partial charge in [-0.05, 0) is 18.6 Å². The fourth-order valence-corrected chi connectivity index (χ4v) is 3.11. The van der Waals surface area contributed by atoms with E-state index < -0.39 is 5.56 Å². The Kier molecular flexibility index (Phi) is 6.02. The molecule has 0 radical (unpaired) electrons. The zero-order chi connectivity index (χ0) is 20.1. The number of amides is 1. The fourth-order valence-electron chi connectivity index (χ4n) is 2.68. The molecule has 1 aromatic heterocycles. The molecule has 0 spiro atoms. The van der Waals surface area contributed by atoms with Crippen LogP contribution >= 0.6 is 15.9 Å². The van der Waals surface area contributed by atoms with E-state index in [4.69, 9.17) is 5.26 Å². The van der Waals surface area contributed by atoms with Gasteiger partial charge >= 0.3 is 0 Å². The van der Waals surface area contributed by atoms with E-state index in [2.05, 4.69) is 26.2 Å². The molecule has 0 saturated heterocycles. The lowest BCUT2D eigenvalue weighted by atomic mass is 10.1. The standard InChI is InChI=1S/C21H17BrN4O2/c1-14-6-8-15(9-7-14)20-25-12-17(10-23)21(28)26(20)13-19(27)24-11-16-4-2-3-5-18(16)22/h2-9,12H,11,13H2,1H3,(H,24,27). The number of aromatic nitrogens is 2. The van der Waals surface area contributed by atoms with E-state index in [1.54, 1.807) is 0 Å². The molecule has 3 rings (SSSR count). The number of halogens is 1. The minimum atomic E-state index is -0.538. The average Bonchev–Trinajstić information content (AvgIpc) is 2.69. The first kappa shape index (κ1) is 19.5. The molecular weight excluding hydrogens is 420 g/mol. The van der Waals surface area contributed by atoms with E-state index in [9.17, 15) is 9.59 Å². The van der Waals surface area contributed by atoms with E-state index in [0.29, 0.717) is 17.9 Å². The molecule has 140 valence electrons. The monoisotopic (exact) mass is 436 g/mol. The highest BCUT2D eigenvalue weighted by atomic mass is 79.9. The highest BCUT2D eigenvalue weighted by Gasteiger charge is 2.15. The molecule has 28 heavy (non-hydrogen) atoms. The van der Waals surface area contributed by atoms with Crippen LogP contribution in [-0.2, 0) is 17.9 Å². The van der Waals surface area contributed by atoms with E-state index in [1.807, 2.05) is 61.5 Å². The summed E-state index contributed by atoms with van der Waals surface area (Å²) >= 11 is 3.44. The molecule has 6 nitrogen and oxygen atoms in total. The number of hydrogen-bond donors (Lipinski definition) is 1. The molecule has 0 unspecified atom stereocenters. The summed E-state index contributed by atoms with van der Waals surface area (Å²) in [5.74, 6) is 0.00291. The number of aryl methyl sites for hydroxylation is 1. The molecular formula is C21H17BrN4O2. The van der Waals surface area contributed by atoms with Gasteiger partial charge in [-0.2, -0.15) is 5.26 Å². The van der Waals surface area contributed by atoms with Gasteiger partial charge in [0, 0.05) is 16.6 Å². The molecule has 0 aliphatic carbocycles. The van der Waals surface area contributed by atoms with E-state index in [1.165, 1.54) is 10.8 Å². The van der Waals surface area contributed by atoms with Crippen molar-refractivity contribution in [2.45, 2.75) is 20.0 Å². The Hall–Kier alpha value is -3.24. The van der Waals surface area contributed by atoms with Crippen molar-refractivity contribution >= 4 is 21.8 Å². The van der Waals surface area contributed by atoms with Crippen molar-refractivity contribution in [1.29, 1.82) is 5.26 Å². The molecule has 0 aliphatic heterocycles. The lowest BCUT2D eigenvalue weighted by Gasteiger charge is -2.13. The van der Waals surface area contributed by atoms with Crippen LogP contribution < -0.4 is 10.9 Å². The van der Waals surface area contributed by atoms with Crippen molar-refractivity contribution in [2.75, 3.05) is 0 Å². The van der Waals surface area contributed by atoms with Crippen LogP contribution in [-0.4, -0.2) is 15.5 Å². The molecule has 1 heterocycles. The second-order valence-corrected chi connectivity index (χ2v) is 7.09. The minimum absolute atomic E-state index is 0.102. The van der Waals surface area contributed by atoms with E-state index in [-0.39, 0.29) is 18.0 Å². The van der Waals surface area contributed by atoms with Gasteiger partial charge < -0.3 is 5.32 Å². The molecule has 0 atom stereocenters. The highest BCUT2D eigenvalue weighted by molar-refractivity contribution is 9.10. The van der Waals surface area contributed by atoms with Crippen molar-refractivity contribution in [3.05, 3.63) is 86.2 Å². The number of rotatable bonds is 5. The predicted molar refractivity (Wildman–Crippen MR) is 109 cm³/mol. The lowest BCUT2D eigenvalue weighted by Crippen LogP contribution is -2.34. The smallest absolute Gasteiger partial charge is 0.272 e. The second-order valence-electron chi connectivity index (χ2n) is 6.23. The van der Waals surface area contributed by atoms with Gasteiger partial charge in [-0.25, -0.2) is 4.98 Å². The first-order valence-corrected chi connectivity index (χ1v) is 9.36. The first-order chi connectivity index (χ1) is 13.5. The molecule has 1 amide bonds. The molecule has 3 aromatic rings. The summed E-state index contributed by atoms with van der Waals surface area (Å²) in [5, 5.41) is 11.9. The third-order valence-electron chi connectivity index (χ3n) is 4.21. The van der Waals surface area contributed by atoms with Gasteiger partial charge in [0.25, 0.3) is 5.56 Å². The van der Waals surface area contributed by atoms with Crippen molar-refractivity contribution in [2.24, 2.45) is 0 Å². The lowest BCUT2D eigenvalue weighted by molar-refractivity contribution is -0.121. The Balaban J connectivity index is 1.88. The molecule has 2 aromatic carbocycles. The summed E-state index contributed by atoms with van der Waals surface area (Å²) < 4.78 is 2.12. The molecule has 0 aliphatic rings. The van der Waals surface area contributed by atoms with E-state index in [0.717, 1.165) is 15.6 Å². The maximum atomic E-state index is 12.6. The molecule has 0 bridgehead atoms. The summed E-state index contributed by atoms with van der Waals surface area (Å²) in [7, 11) is 0. The van der Waals surface area contributed by atoms with Crippen LogP contribution in [0, 0.1) is 18.3 Å².